The fourth-order valence-corrected chi connectivity index (χ4v) is 2.65. The van der Waals surface area contributed by atoms with E-state index in [1.54, 1.807) is 4.90 Å². The number of β-amino-alcohol motifs (C(OH)–C–C–N with tert-alkyl or cyclic N) is 1. The van der Waals surface area contributed by atoms with Crippen molar-refractivity contribution < 1.29 is 9.90 Å². The van der Waals surface area contributed by atoms with Crippen molar-refractivity contribution >= 4 is 21.8 Å². The first-order valence-corrected chi connectivity index (χ1v) is 7.23. The monoisotopic (exact) mass is 326 g/mol. The Morgan fingerprint density at radius 3 is 2.89 bits per heavy atom. The van der Waals surface area contributed by atoms with Gasteiger partial charge in [0.05, 0.1) is 12.6 Å². The molecule has 1 aromatic carbocycles. The molecule has 1 aliphatic heterocycles. The number of nitrogens with zero attached hydrogens (tertiary/aromatic N) is 2. The third-order valence-electron chi connectivity index (χ3n) is 3.40. The Bertz CT molecular complexity index is 453. The molecular formula is C14H19BrN2O2. The number of hydrogen-bond donors (Lipinski definition) is 1. The molecule has 104 valence electrons. The third-order valence-corrected chi connectivity index (χ3v) is 4.17. The van der Waals surface area contributed by atoms with Crippen molar-refractivity contribution in [1.29, 1.82) is 0 Å². The van der Waals surface area contributed by atoms with Gasteiger partial charge in [-0.25, -0.2) is 0 Å². The fraction of sp³-hybridized carbons (Fsp3) is 0.500. The molecule has 1 aromatic rings. The number of benzene rings is 1. The van der Waals surface area contributed by atoms with Crippen molar-refractivity contribution in [3.05, 3.63) is 34.3 Å². The predicted molar refractivity (Wildman–Crippen MR) is 77.7 cm³/mol. The van der Waals surface area contributed by atoms with E-state index in [2.05, 4.69) is 15.9 Å². The highest BCUT2D eigenvalue weighted by Gasteiger charge is 2.23. The van der Waals surface area contributed by atoms with Gasteiger partial charge < -0.3 is 10.0 Å². The van der Waals surface area contributed by atoms with Crippen molar-refractivity contribution in [3.8, 4) is 0 Å². The highest BCUT2D eigenvalue weighted by atomic mass is 79.9. The van der Waals surface area contributed by atoms with Crippen molar-refractivity contribution in [2.75, 3.05) is 26.7 Å². The summed E-state index contributed by atoms with van der Waals surface area (Å²) in [6.45, 7) is 2.39. The second-order valence-electron chi connectivity index (χ2n) is 5.02. The van der Waals surface area contributed by atoms with Crippen LogP contribution >= 0.6 is 15.9 Å². The summed E-state index contributed by atoms with van der Waals surface area (Å²) in [6.07, 6.45) is 0.489. The summed E-state index contributed by atoms with van der Waals surface area (Å²) >= 11 is 3.49. The van der Waals surface area contributed by atoms with Crippen LogP contribution in [0.2, 0.25) is 0 Å². The molecule has 0 radical (unpaired) electrons. The van der Waals surface area contributed by atoms with Gasteiger partial charge in [0.1, 0.15) is 0 Å². The summed E-state index contributed by atoms with van der Waals surface area (Å²) in [4.78, 5) is 15.8. The second kappa shape index (κ2) is 6.50. The van der Waals surface area contributed by atoms with Gasteiger partial charge in [-0.15, -0.1) is 0 Å². The van der Waals surface area contributed by atoms with Crippen LogP contribution in [-0.2, 0) is 11.3 Å². The van der Waals surface area contributed by atoms with Crippen LogP contribution in [0.1, 0.15) is 12.0 Å². The summed E-state index contributed by atoms with van der Waals surface area (Å²) < 4.78 is 1.02. The van der Waals surface area contributed by atoms with E-state index in [1.165, 1.54) is 0 Å². The molecule has 1 saturated heterocycles. The van der Waals surface area contributed by atoms with E-state index in [0.29, 0.717) is 19.6 Å². The lowest BCUT2D eigenvalue weighted by Gasteiger charge is -2.21. The number of hydrogen-bond acceptors (Lipinski definition) is 3. The van der Waals surface area contributed by atoms with Gasteiger partial charge in [0.15, 0.2) is 0 Å². The van der Waals surface area contributed by atoms with Crippen LogP contribution in [0.3, 0.4) is 0 Å². The molecule has 0 saturated carbocycles. The van der Waals surface area contributed by atoms with Gasteiger partial charge in [0, 0.05) is 31.2 Å². The number of halogens is 1. The van der Waals surface area contributed by atoms with Crippen molar-refractivity contribution in [1.82, 2.24) is 9.80 Å². The molecule has 1 atom stereocenters. The second-order valence-corrected chi connectivity index (χ2v) is 5.87. The largest absolute Gasteiger partial charge is 0.392 e. The highest BCUT2D eigenvalue weighted by molar-refractivity contribution is 9.10. The molecule has 1 amide bonds. The molecule has 5 heteroatoms. The zero-order chi connectivity index (χ0) is 13.8. The highest BCUT2D eigenvalue weighted by Crippen LogP contribution is 2.17. The molecule has 0 spiro atoms. The minimum Gasteiger partial charge on any atom is -0.392 e. The zero-order valence-corrected chi connectivity index (χ0v) is 12.6. The number of carbonyl (C=O) groups excluding carboxylic acids is 1. The summed E-state index contributed by atoms with van der Waals surface area (Å²) in [5.74, 6) is 0.0878. The zero-order valence-electron chi connectivity index (χ0n) is 11.1. The Labute approximate surface area is 122 Å². The first kappa shape index (κ1) is 14.5. The number of aliphatic hydroxyl groups is 1. The van der Waals surface area contributed by atoms with Crippen LogP contribution in [0, 0.1) is 0 Å². The first-order valence-electron chi connectivity index (χ1n) is 6.44. The number of aliphatic hydroxyl groups excluding tert-OH is 1. The minimum atomic E-state index is -0.277. The van der Waals surface area contributed by atoms with Crippen LogP contribution in [0.25, 0.3) is 0 Å². The Hall–Kier alpha value is -0.910. The van der Waals surface area contributed by atoms with Crippen LogP contribution in [0.15, 0.2) is 28.7 Å². The summed E-state index contributed by atoms with van der Waals surface area (Å²) in [5, 5.41) is 9.45. The van der Waals surface area contributed by atoms with Crippen molar-refractivity contribution in [3.63, 3.8) is 0 Å². The van der Waals surface area contributed by atoms with Crippen molar-refractivity contribution in [2.45, 2.75) is 19.1 Å². The van der Waals surface area contributed by atoms with Crippen LogP contribution in [0.4, 0.5) is 0 Å². The van der Waals surface area contributed by atoms with Crippen LogP contribution in [0.5, 0.6) is 0 Å². The molecule has 1 heterocycles. The molecule has 2 rings (SSSR count). The standard InChI is InChI=1S/C14H19BrN2O2/c1-16(8-11-4-2-3-5-13(11)15)14(19)10-17-7-6-12(18)9-17/h2-5,12,18H,6-10H2,1H3/t12-/m0/s1. The van der Waals surface area contributed by atoms with E-state index in [9.17, 15) is 9.90 Å². The van der Waals surface area contributed by atoms with Gasteiger partial charge in [-0.3, -0.25) is 9.69 Å². The quantitative estimate of drug-likeness (QED) is 0.911. The molecule has 0 aromatic heterocycles. The lowest BCUT2D eigenvalue weighted by atomic mass is 10.2. The Balaban J connectivity index is 1.87. The Kier molecular flexibility index (Phi) is 4.96. The summed E-state index contributed by atoms with van der Waals surface area (Å²) in [5.41, 5.74) is 1.10. The molecular weight excluding hydrogens is 308 g/mol. The van der Waals surface area contributed by atoms with E-state index in [1.807, 2.05) is 36.2 Å². The summed E-state index contributed by atoms with van der Waals surface area (Å²) in [7, 11) is 1.81. The lowest BCUT2D eigenvalue weighted by Crippen LogP contribution is -2.37. The molecule has 1 fully saturated rings. The molecule has 4 nitrogen and oxygen atoms in total. The number of likely N-dealkylation sites (tertiary alicyclic amines) is 1. The molecule has 0 bridgehead atoms. The number of carbonyl (C=O) groups is 1. The van der Waals surface area contributed by atoms with E-state index in [0.717, 1.165) is 23.0 Å². The maximum absolute atomic E-state index is 12.1. The minimum absolute atomic E-state index is 0.0878. The van der Waals surface area contributed by atoms with Gasteiger partial charge >= 0.3 is 0 Å². The average Bonchev–Trinajstić information content (AvgIpc) is 2.77. The average molecular weight is 327 g/mol. The number of amides is 1. The van der Waals surface area contributed by atoms with Crippen LogP contribution < -0.4 is 0 Å². The molecule has 19 heavy (non-hydrogen) atoms. The van der Waals surface area contributed by atoms with E-state index < -0.39 is 0 Å². The van der Waals surface area contributed by atoms with E-state index >= 15 is 0 Å². The third kappa shape index (κ3) is 4.03. The predicted octanol–water partition coefficient (Wildman–Crippen LogP) is 1.47. The Morgan fingerprint density at radius 1 is 1.53 bits per heavy atom. The normalized spacial score (nSPS) is 19.6. The van der Waals surface area contributed by atoms with Gasteiger partial charge in [0.2, 0.25) is 5.91 Å². The molecule has 1 N–H and O–H groups in total. The molecule has 0 unspecified atom stereocenters. The van der Waals surface area contributed by atoms with E-state index in [4.69, 9.17) is 0 Å². The summed E-state index contributed by atoms with van der Waals surface area (Å²) in [6, 6.07) is 7.91. The molecule has 1 aliphatic rings. The van der Waals surface area contributed by atoms with E-state index in [-0.39, 0.29) is 12.0 Å². The van der Waals surface area contributed by atoms with Crippen LogP contribution in [-0.4, -0.2) is 53.6 Å². The Morgan fingerprint density at radius 2 is 2.26 bits per heavy atom. The lowest BCUT2D eigenvalue weighted by molar-refractivity contribution is -0.131. The number of rotatable bonds is 4. The van der Waals surface area contributed by atoms with Crippen molar-refractivity contribution in [2.24, 2.45) is 0 Å². The topological polar surface area (TPSA) is 43.8 Å². The van der Waals surface area contributed by atoms with Gasteiger partial charge in [-0.1, -0.05) is 34.1 Å². The maximum atomic E-state index is 12.1. The van der Waals surface area contributed by atoms with Gasteiger partial charge in [-0.2, -0.15) is 0 Å². The first-order chi connectivity index (χ1) is 9.06. The number of likely N-dealkylation sites (N-methyl/N-ethyl adjacent to an activating group) is 1. The fourth-order valence-electron chi connectivity index (χ4n) is 2.24. The van der Waals surface area contributed by atoms with Gasteiger partial charge in [-0.05, 0) is 18.1 Å². The van der Waals surface area contributed by atoms with Gasteiger partial charge in [0.25, 0.3) is 0 Å². The maximum Gasteiger partial charge on any atom is 0.236 e. The molecule has 0 aliphatic carbocycles. The smallest absolute Gasteiger partial charge is 0.236 e. The SMILES string of the molecule is CN(Cc1ccccc1Br)C(=O)CN1CC[C@H](O)C1.